The summed E-state index contributed by atoms with van der Waals surface area (Å²) in [7, 11) is 0. The van der Waals surface area contributed by atoms with E-state index >= 15 is 0 Å². The van der Waals surface area contributed by atoms with Crippen molar-refractivity contribution in [3.63, 3.8) is 0 Å². The molecule has 0 spiro atoms. The zero-order valence-corrected chi connectivity index (χ0v) is 10.8. The van der Waals surface area contributed by atoms with Crippen LogP contribution in [0.25, 0.3) is 0 Å². The van der Waals surface area contributed by atoms with E-state index in [-0.39, 0.29) is 24.0 Å². The van der Waals surface area contributed by atoms with Gasteiger partial charge in [-0.3, -0.25) is 15.5 Å². The van der Waals surface area contributed by atoms with Crippen molar-refractivity contribution in [3.05, 3.63) is 51.7 Å². The van der Waals surface area contributed by atoms with Crippen LogP contribution in [0.3, 0.4) is 0 Å². The fourth-order valence-electron chi connectivity index (χ4n) is 1.65. The summed E-state index contributed by atoms with van der Waals surface area (Å²) in [6, 6.07) is 8.91. The molecule has 9 heteroatoms. The molecule has 2 rings (SSSR count). The second kappa shape index (κ2) is 6.27. The van der Waals surface area contributed by atoms with Crippen molar-refractivity contribution < 1.29 is 4.92 Å². The number of hydrogen-bond donors (Lipinski definition) is 3. The zero-order valence-electron chi connectivity index (χ0n) is 10.8. The molecule has 0 atom stereocenters. The highest BCUT2D eigenvalue weighted by molar-refractivity contribution is 5.57. The van der Waals surface area contributed by atoms with E-state index in [2.05, 4.69) is 20.7 Å². The van der Waals surface area contributed by atoms with Gasteiger partial charge in [0.2, 0.25) is 11.8 Å². The highest BCUT2D eigenvalue weighted by Gasteiger charge is 2.16. The van der Waals surface area contributed by atoms with Gasteiger partial charge in [-0.15, -0.1) is 0 Å². The molecule has 4 N–H and O–H groups in total. The molecule has 1 aromatic carbocycles. The number of nitrogens with two attached hydrogens (primary N) is 1. The molecule has 0 saturated heterocycles. The largest absolute Gasteiger partial charge is 0.360 e. The monoisotopic (exact) mass is 285 g/mol. The third kappa shape index (κ3) is 3.40. The number of hydrogen-bond acceptors (Lipinski definition) is 8. The third-order valence-corrected chi connectivity index (χ3v) is 2.61. The van der Waals surface area contributed by atoms with Gasteiger partial charge in [0.15, 0.2) is 0 Å². The maximum Gasteiger partial charge on any atom is 0.329 e. The molecular weight excluding hydrogens is 274 g/mol. The number of nitrogens with one attached hydrogen (secondary N) is 2. The first-order valence-corrected chi connectivity index (χ1v) is 5.85. The molecule has 21 heavy (non-hydrogen) atoms. The fourth-order valence-corrected chi connectivity index (χ4v) is 1.65. The topological polar surface area (TPSA) is 143 Å². The van der Waals surface area contributed by atoms with Gasteiger partial charge in [-0.1, -0.05) is 12.1 Å². The minimum absolute atomic E-state index is 0.0466. The number of aromatic nitrogens is 2. The van der Waals surface area contributed by atoms with Gasteiger partial charge < -0.3 is 5.32 Å². The van der Waals surface area contributed by atoms with E-state index in [0.717, 1.165) is 11.8 Å². The molecule has 1 aromatic heterocycles. The van der Waals surface area contributed by atoms with E-state index in [1.165, 1.54) is 0 Å². The molecule has 0 saturated carbocycles. The minimum Gasteiger partial charge on any atom is -0.360 e. The Hall–Kier alpha value is -3.25. The summed E-state index contributed by atoms with van der Waals surface area (Å²) < 4.78 is 0. The molecule has 0 bridgehead atoms. The Morgan fingerprint density at radius 2 is 2.29 bits per heavy atom. The van der Waals surface area contributed by atoms with Gasteiger partial charge in [0, 0.05) is 6.54 Å². The van der Waals surface area contributed by atoms with Crippen molar-refractivity contribution in [3.8, 4) is 6.07 Å². The Bertz CT molecular complexity index is 711. The summed E-state index contributed by atoms with van der Waals surface area (Å²) in [5, 5.41) is 22.6. The van der Waals surface area contributed by atoms with Gasteiger partial charge in [-0.25, -0.2) is 10.8 Å². The average molecular weight is 285 g/mol. The zero-order chi connectivity index (χ0) is 15.2. The number of anilines is 2. The maximum absolute atomic E-state index is 10.9. The molecule has 1 heterocycles. The van der Waals surface area contributed by atoms with Gasteiger partial charge in [0.05, 0.1) is 16.6 Å². The first-order chi connectivity index (χ1) is 10.1. The fraction of sp³-hybridized carbons (Fsp3) is 0.0833. The van der Waals surface area contributed by atoms with E-state index in [9.17, 15) is 10.1 Å². The lowest BCUT2D eigenvalue weighted by atomic mass is 10.1. The Labute approximate surface area is 119 Å². The Balaban J connectivity index is 2.22. The Morgan fingerprint density at radius 1 is 1.48 bits per heavy atom. The van der Waals surface area contributed by atoms with Gasteiger partial charge >= 0.3 is 5.69 Å². The van der Waals surface area contributed by atoms with Crippen LogP contribution in [0.4, 0.5) is 17.5 Å². The molecular formula is C12H11N7O2. The molecule has 2 aromatic rings. The second-order valence-corrected chi connectivity index (χ2v) is 3.99. The number of benzene rings is 1. The number of rotatable bonds is 5. The first-order valence-electron chi connectivity index (χ1n) is 5.85. The maximum atomic E-state index is 10.9. The van der Waals surface area contributed by atoms with E-state index in [1.54, 1.807) is 24.3 Å². The number of nitro groups is 1. The Kier molecular flexibility index (Phi) is 4.23. The highest BCUT2D eigenvalue weighted by Crippen LogP contribution is 2.22. The molecule has 0 aliphatic rings. The standard InChI is InChI=1S/C12H11N7O2/c13-5-8-2-1-3-9(4-8)6-15-11-10(19(20)21)7-16-12(17-11)18-14/h1-4,7H,6,14H2,(H2,15,16,17,18). The molecule has 0 fully saturated rings. The van der Waals surface area contributed by atoms with Crippen LogP contribution in [0, 0.1) is 21.4 Å². The summed E-state index contributed by atoms with van der Waals surface area (Å²) in [6.07, 6.45) is 1.07. The summed E-state index contributed by atoms with van der Waals surface area (Å²) in [4.78, 5) is 17.9. The quantitative estimate of drug-likeness (QED) is 0.421. The van der Waals surface area contributed by atoms with Crippen molar-refractivity contribution in [1.29, 1.82) is 5.26 Å². The summed E-state index contributed by atoms with van der Waals surface area (Å²) in [5.41, 5.74) is 3.27. The van der Waals surface area contributed by atoms with Gasteiger partial charge in [0.25, 0.3) is 0 Å². The van der Waals surface area contributed by atoms with Crippen LogP contribution in [-0.4, -0.2) is 14.9 Å². The summed E-state index contributed by atoms with van der Waals surface area (Å²) in [6.45, 7) is 0.275. The molecule has 106 valence electrons. The van der Waals surface area contributed by atoms with Gasteiger partial charge in [-0.2, -0.15) is 10.2 Å². The van der Waals surface area contributed by atoms with Gasteiger partial charge in [0.1, 0.15) is 6.20 Å². The van der Waals surface area contributed by atoms with Crippen LogP contribution >= 0.6 is 0 Å². The normalized spacial score (nSPS) is 9.71. The lowest BCUT2D eigenvalue weighted by Crippen LogP contribution is -2.13. The lowest BCUT2D eigenvalue weighted by Gasteiger charge is -2.07. The number of nitrogen functional groups attached to an aromatic ring is 1. The first kappa shape index (κ1) is 14.2. The molecule has 0 aliphatic heterocycles. The van der Waals surface area contributed by atoms with Crippen molar-refractivity contribution in [2.75, 3.05) is 10.7 Å². The molecule has 0 radical (unpaired) electrons. The number of nitriles is 1. The van der Waals surface area contributed by atoms with Crippen molar-refractivity contribution >= 4 is 17.5 Å². The van der Waals surface area contributed by atoms with E-state index in [0.29, 0.717) is 5.56 Å². The van der Waals surface area contributed by atoms with Crippen LogP contribution in [0.5, 0.6) is 0 Å². The predicted octanol–water partition coefficient (Wildman–Crippen LogP) is 1.15. The summed E-state index contributed by atoms with van der Waals surface area (Å²) >= 11 is 0. The van der Waals surface area contributed by atoms with Crippen LogP contribution in [0.1, 0.15) is 11.1 Å². The van der Waals surface area contributed by atoms with Crippen LogP contribution in [0.2, 0.25) is 0 Å². The van der Waals surface area contributed by atoms with E-state index in [1.807, 2.05) is 6.07 Å². The summed E-state index contributed by atoms with van der Waals surface area (Å²) in [5.74, 6) is 5.29. The second-order valence-electron chi connectivity index (χ2n) is 3.99. The highest BCUT2D eigenvalue weighted by atomic mass is 16.6. The van der Waals surface area contributed by atoms with E-state index in [4.69, 9.17) is 11.1 Å². The van der Waals surface area contributed by atoms with Crippen molar-refractivity contribution in [1.82, 2.24) is 9.97 Å². The van der Waals surface area contributed by atoms with Crippen molar-refractivity contribution in [2.24, 2.45) is 5.84 Å². The molecule has 0 amide bonds. The predicted molar refractivity (Wildman–Crippen MR) is 75.0 cm³/mol. The van der Waals surface area contributed by atoms with Crippen molar-refractivity contribution in [2.45, 2.75) is 6.54 Å². The van der Waals surface area contributed by atoms with Gasteiger partial charge in [-0.05, 0) is 17.7 Å². The molecule has 0 aliphatic carbocycles. The van der Waals surface area contributed by atoms with Crippen LogP contribution in [0.15, 0.2) is 30.5 Å². The lowest BCUT2D eigenvalue weighted by molar-refractivity contribution is -0.384. The van der Waals surface area contributed by atoms with Crippen LogP contribution in [-0.2, 0) is 6.54 Å². The molecule has 9 nitrogen and oxygen atoms in total. The van der Waals surface area contributed by atoms with Crippen LogP contribution < -0.4 is 16.6 Å². The SMILES string of the molecule is N#Cc1cccc(CNc2nc(NN)ncc2[N+](=O)[O-])c1. The average Bonchev–Trinajstić information content (AvgIpc) is 2.52. The smallest absolute Gasteiger partial charge is 0.329 e. The van der Waals surface area contributed by atoms with E-state index < -0.39 is 4.92 Å². The molecule has 0 unspecified atom stereocenters. The number of hydrazine groups is 1. The Morgan fingerprint density at radius 3 is 2.95 bits per heavy atom. The number of nitrogens with zero attached hydrogens (tertiary/aromatic N) is 4. The minimum atomic E-state index is -0.589. The third-order valence-electron chi connectivity index (χ3n) is 2.61.